The lowest BCUT2D eigenvalue weighted by Crippen LogP contribution is -2.43. The summed E-state index contributed by atoms with van der Waals surface area (Å²) in [6.45, 7) is 3.37. The van der Waals surface area contributed by atoms with Crippen LogP contribution in [0.15, 0.2) is 54.6 Å². The van der Waals surface area contributed by atoms with Gasteiger partial charge >= 0.3 is 0 Å². The van der Waals surface area contributed by atoms with Crippen LogP contribution < -0.4 is 5.32 Å². The van der Waals surface area contributed by atoms with Crippen molar-refractivity contribution >= 4 is 22.7 Å². The number of carbonyl (C=O) groups excluding carboxylic acids is 2. The molecule has 0 aliphatic carbocycles. The molecule has 1 aliphatic heterocycles. The second-order valence-electron chi connectivity index (χ2n) is 7.96. The molecule has 0 saturated carbocycles. The van der Waals surface area contributed by atoms with E-state index in [1.165, 1.54) is 0 Å². The number of nitrogens with zero attached hydrogens (tertiary/aromatic N) is 2. The van der Waals surface area contributed by atoms with Crippen molar-refractivity contribution in [2.75, 3.05) is 32.8 Å². The van der Waals surface area contributed by atoms with Crippen molar-refractivity contribution in [2.45, 2.75) is 19.4 Å². The zero-order valence-electron chi connectivity index (χ0n) is 18.1. The standard InChI is InChI=1S/C25H27N3O4/c1-17-5-4-6-18(13-17)14-24(30)28-10-12-32-23(16-28)22-15-20(25(31)26-9-11-29)19-7-2-3-8-21(19)27-22/h2-8,13,15,23,29H,9-12,14,16H2,1H3,(H,26,31). The maximum Gasteiger partial charge on any atom is 0.252 e. The Morgan fingerprint density at radius 3 is 2.84 bits per heavy atom. The van der Waals surface area contributed by atoms with E-state index in [1.807, 2.05) is 55.5 Å². The summed E-state index contributed by atoms with van der Waals surface area (Å²) < 4.78 is 5.95. The molecule has 2 N–H and O–H groups in total. The van der Waals surface area contributed by atoms with E-state index in [0.717, 1.165) is 16.5 Å². The molecule has 1 unspecified atom stereocenters. The lowest BCUT2D eigenvalue weighted by molar-refractivity contribution is -0.138. The fourth-order valence-corrected chi connectivity index (χ4v) is 3.98. The second-order valence-corrected chi connectivity index (χ2v) is 7.96. The number of nitrogens with one attached hydrogen (secondary N) is 1. The van der Waals surface area contributed by atoms with Crippen LogP contribution in [-0.4, -0.2) is 59.7 Å². The van der Waals surface area contributed by atoms with Crippen molar-refractivity contribution in [2.24, 2.45) is 0 Å². The first-order valence-corrected chi connectivity index (χ1v) is 10.8. The Labute approximate surface area is 187 Å². The molecule has 1 aliphatic rings. The van der Waals surface area contributed by atoms with E-state index in [1.54, 1.807) is 11.0 Å². The third kappa shape index (κ3) is 4.95. The zero-order chi connectivity index (χ0) is 22.5. The van der Waals surface area contributed by atoms with E-state index in [2.05, 4.69) is 5.32 Å². The number of aryl methyl sites for hydroxylation is 1. The molecule has 1 saturated heterocycles. The second kappa shape index (κ2) is 9.89. The molecule has 1 fully saturated rings. The summed E-state index contributed by atoms with van der Waals surface area (Å²) in [5, 5.41) is 12.5. The monoisotopic (exact) mass is 433 g/mol. The van der Waals surface area contributed by atoms with E-state index in [9.17, 15) is 9.59 Å². The minimum absolute atomic E-state index is 0.0469. The summed E-state index contributed by atoms with van der Waals surface area (Å²) in [4.78, 5) is 32.1. The predicted molar refractivity (Wildman–Crippen MR) is 121 cm³/mol. The number of morpholine rings is 1. The summed E-state index contributed by atoms with van der Waals surface area (Å²) in [5.41, 5.74) is 3.90. The Morgan fingerprint density at radius 2 is 2.03 bits per heavy atom. The van der Waals surface area contributed by atoms with Crippen molar-refractivity contribution in [3.05, 3.63) is 77.0 Å². The minimum Gasteiger partial charge on any atom is -0.395 e. The number of para-hydroxylation sites is 1. The molecular formula is C25H27N3O4. The number of hydrogen-bond donors (Lipinski definition) is 2. The topological polar surface area (TPSA) is 91.8 Å². The predicted octanol–water partition coefficient (Wildman–Crippen LogP) is 2.41. The number of fused-ring (bicyclic) bond motifs is 1. The molecule has 166 valence electrons. The molecular weight excluding hydrogens is 406 g/mol. The molecule has 0 radical (unpaired) electrons. The SMILES string of the molecule is Cc1cccc(CC(=O)N2CCOC(c3cc(C(=O)NCCO)c4ccccc4n3)C2)c1. The first-order chi connectivity index (χ1) is 15.5. The summed E-state index contributed by atoms with van der Waals surface area (Å²) in [6, 6.07) is 17.1. The van der Waals surface area contributed by atoms with Crippen LogP contribution in [0.4, 0.5) is 0 Å². The van der Waals surface area contributed by atoms with Crippen LogP contribution in [0.5, 0.6) is 0 Å². The average molecular weight is 434 g/mol. The highest BCUT2D eigenvalue weighted by molar-refractivity contribution is 6.06. The quantitative estimate of drug-likeness (QED) is 0.623. The highest BCUT2D eigenvalue weighted by Gasteiger charge is 2.27. The van der Waals surface area contributed by atoms with Crippen LogP contribution in [-0.2, 0) is 16.0 Å². The van der Waals surface area contributed by atoms with Crippen molar-refractivity contribution in [3.8, 4) is 0 Å². The van der Waals surface area contributed by atoms with Gasteiger partial charge in [0.1, 0.15) is 6.10 Å². The Hall–Kier alpha value is -3.29. The van der Waals surface area contributed by atoms with Gasteiger partial charge in [-0.1, -0.05) is 48.0 Å². The molecule has 2 amide bonds. The number of hydrogen-bond acceptors (Lipinski definition) is 5. The molecule has 7 nitrogen and oxygen atoms in total. The largest absolute Gasteiger partial charge is 0.395 e. The van der Waals surface area contributed by atoms with E-state index in [-0.39, 0.29) is 25.0 Å². The van der Waals surface area contributed by atoms with Gasteiger partial charge in [0.15, 0.2) is 0 Å². The van der Waals surface area contributed by atoms with Gasteiger partial charge in [-0.15, -0.1) is 0 Å². The maximum absolute atomic E-state index is 12.9. The molecule has 2 aromatic carbocycles. The summed E-state index contributed by atoms with van der Waals surface area (Å²) in [6.07, 6.45) is -0.0758. The lowest BCUT2D eigenvalue weighted by atomic mass is 10.0. The molecule has 4 rings (SSSR count). The van der Waals surface area contributed by atoms with Gasteiger partial charge in [-0.3, -0.25) is 9.59 Å². The highest BCUT2D eigenvalue weighted by atomic mass is 16.5. The van der Waals surface area contributed by atoms with Crippen LogP contribution in [0.2, 0.25) is 0 Å². The van der Waals surface area contributed by atoms with Crippen molar-refractivity contribution in [3.63, 3.8) is 0 Å². The number of aliphatic hydroxyl groups is 1. The molecule has 2 heterocycles. The molecule has 0 bridgehead atoms. The Morgan fingerprint density at radius 1 is 1.19 bits per heavy atom. The Balaban J connectivity index is 1.56. The fraction of sp³-hybridized carbons (Fsp3) is 0.320. The molecule has 32 heavy (non-hydrogen) atoms. The van der Waals surface area contributed by atoms with Crippen molar-refractivity contribution < 1.29 is 19.4 Å². The number of carbonyl (C=O) groups is 2. The number of amides is 2. The number of ether oxygens (including phenoxy) is 1. The van der Waals surface area contributed by atoms with Gasteiger partial charge in [0.2, 0.25) is 5.91 Å². The number of rotatable bonds is 6. The Bertz CT molecular complexity index is 1130. The highest BCUT2D eigenvalue weighted by Crippen LogP contribution is 2.26. The first kappa shape index (κ1) is 21.9. The molecule has 1 atom stereocenters. The summed E-state index contributed by atoms with van der Waals surface area (Å²) in [7, 11) is 0. The van der Waals surface area contributed by atoms with E-state index >= 15 is 0 Å². The fourth-order valence-electron chi connectivity index (χ4n) is 3.98. The van der Waals surface area contributed by atoms with Crippen LogP contribution in [0.25, 0.3) is 10.9 Å². The van der Waals surface area contributed by atoms with Crippen molar-refractivity contribution in [1.82, 2.24) is 15.2 Å². The third-order valence-electron chi connectivity index (χ3n) is 5.56. The van der Waals surface area contributed by atoms with E-state index in [0.29, 0.717) is 42.9 Å². The normalized spacial score (nSPS) is 16.2. The number of pyridine rings is 1. The van der Waals surface area contributed by atoms with Gasteiger partial charge in [-0.25, -0.2) is 4.98 Å². The lowest BCUT2D eigenvalue weighted by Gasteiger charge is -2.33. The summed E-state index contributed by atoms with van der Waals surface area (Å²) >= 11 is 0. The number of benzene rings is 2. The van der Waals surface area contributed by atoms with Gasteiger partial charge in [0.25, 0.3) is 5.91 Å². The van der Waals surface area contributed by atoms with Crippen molar-refractivity contribution in [1.29, 1.82) is 0 Å². The maximum atomic E-state index is 12.9. The number of aromatic nitrogens is 1. The Kier molecular flexibility index (Phi) is 6.78. The first-order valence-electron chi connectivity index (χ1n) is 10.8. The zero-order valence-corrected chi connectivity index (χ0v) is 18.1. The third-order valence-corrected chi connectivity index (χ3v) is 5.56. The van der Waals surface area contributed by atoms with Crippen LogP contribution in [0.3, 0.4) is 0 Å². The van der Waals surface area contributed by atoms with Gasteiger partial charge in [0.05, 0.1) is 43.0 Å². The van der Waals surface area contributed by atoms with Crippen LogP contribution in [0.1, 0.15) is 33.3 Å². The van der Waals surface area contributed by atoms with Gasteiger partial charge in [0, 0.05) is 18.5 Å². The smallest absolute Gasteiger partial charge is 0.252 e. The van der Waals surface area contributed by atoms with Gasteiger partial charge in [-0.05, 0) is 24.6 Å². The van der Waals surface area contributed by atoms with Gasteiger partial charge in [-0.2, -0.15) is 0 Å². The van der Waals surface area contributed by atoms with E-state index in [4.69, 9.17) is 14.8 Å². The molecule has 0 spiro atoms. The molecule has 7 heteroatoms. The molecule has 1 aromatic heterocycles. The minimum atomic E-state index is -0.417. The van der Waals surface area contributed by atoms with Crippen LogP contribution >= 0.6 is 0 Å². The van der Waals surface area contributed by atoms with E-state index < -0.39 is 6.10 Å². The molecule has 3 aromatic rings. The number of aliphatic hydroxyl groups excluding tert-OH is 1. The van der Waals surface area contributed by atoms with Gasteiger partial charge < -0.3 is 20.1 Å². The summed E-state index contributed by atoms with van der Waals surface area (Å²) in [5.74, 6) is -0.229. The van der Waals surface area contributed by atoms with Crippen LogP contribution in [0, 0.1) is 6.92 Å². The average Bonchev–Trinajstić information content (AvgIpc) is 2.82.